The Bertz CT molecular complexity index is 160. The Morgan fingerprint density at radius 2 is 2.07 bits per heavy atom. The maximum Gasteiger partial charge on any atom is 0.0690 e. The largest absolute Gasteiger partial charge is 0.392 e. The van der Waals surface area contributed by atoms with E-state index in [0.29, 0.717) is 6.04 Å². The topological polar surface area (TPSA) is 23.5 Å². The maximum absolute atomic E-state index is 9.79. The van der Waals surface area contributed by atoms with Crippen molar-refractivity contribution in [2.24, 2.45) is 5.92 Å². The Morgan fingerprint density at radius 1 is 1.36 bits per heavy atom. The third-order valence-electron chi connectivity index (χ3n) is 3.60. The normalized spacial score (nSPS) is 29.6. The minimum absolute atomic E-state index is 0.150. The van der Waals surface area contributed by atoms with Crippen molar-refractivity contribution >= 4 is 0 Å². The molecule has 1 heterocycles. The lowest BCUT2D eigenvalue weighted by Gasteiger charge is -2.30. The van der Waals surface area contributed by atoms with Crippen LogP contribution in [0.2, 0.25) is 0 Å². The van der Waals surface area contributed by atoms with Crippen LogP contribution in [0.1, 0.15) is 46.5 Å². The second kappa shape index (κ2) is 5.72. The van der Waals surface area contributed by atoms with Gasteiger partial charge in [0.05, 0.1) is 6.10 Å². The smallest absolute Gasteiger partial charge is 0.0690 e. The first-order valence-electron chi connectivity index (χ1n) is 6.07. The van der Waals surface area contributed by atoms with E-state index >= 15 is 0 Å². The van der Waals surface area contributed by atoms with E-state index in [9.17, 15) is 5.11 Å². The van der Waals surface area contributed by atoms with E-state index in [4.69, 9.17) is 0 Å². The van der Waals surface area contributed by atoms with Gasteiger partial charge in [-0.2, -0.15) is 0 Å². The third kappa shape index (κ3) is 3.25. The monoisotopic (exact) mass is 199 g/mol. The standard InChI is InChI=1S/C12H25NO/c1-4-12(14)11(3)13-8-5-6-10(2)7-9-13/h10-12,14H,4-9H2,1-3H3. The van der Waals surface area contributed by atoms with Gasteiger partial charge in [0.15, 0.2) is 0 Å². The molecular formula is C12H25NO. The van der Waals surface area contributed by atoms with Gasteiger partial charge in [0.2, 0.25) is 0 Å². The molecule has 0 aliphatic carbocycles. The number of aliphatic hydroxyl groups excluding tert-OH is 1. The molecule has 0 spiro atoms. The fourth-order valence-electron chi connectivity index (χ4n) is 2.28. The van der Waals surface area contributed by atoms with E-state index < -0.39 is 0 Å². The van der Waals surface area contributed by atoms with E-state index in [1.807, 2.05) is 0 Å². The maximum atomic E-state index is 9.79. The third-order valence-corrected chi connectivity index (χ3v) is 3.60. The zero-order valence-electron chi connectivity index (χ0n) is 9.87. The fourth-order valence-corrected chi connectivity index (χ4v) is 2.28. The summed E-state index contributed by atoms with van der Waals surface area (Å²) in [5.74, 6) is 0.867. The van der Waals surface area contributed by atoms with Crippen LogP contribution in [-0.2, 0) is 0 Å². The zero-order chi connectivity index (χ0) is 10.6. The van der Waals surface area contributed by atoms with Gasteiger partial charge in [0.1, 0.15) is 0 Å². The second-order valence-corrected chi connectivity index (χ2v) is 4.79. The van der Waals surface area contributed by atoms with Crippen molar-refractivity contribution in [2.45, 2.75) is 58.6 Å². The molecule has 1 aliphatic heterocycles. The number of rotatable bonds is 3. The molecule has 0 saturated carbocycles. The van der Waals surface area contributed by atoms with Crippen molar-refractivity contribution < 1.29 is 5.11 Å². The molecule has 2 heteroatoms. The lowest BCUT2D eigenvalue weighted by molar-refractivity contribution is 0.0573. The van der Waals surface area contributed by atoms with Crippen LogP contribution in [0.15, 0.2) is 0 Å². The highest BCUT2D eigenvalue weighted by atomic mass is 16.3. The van der Waals surface area contributed by atoms with E-state index in [-0.39, 0.29) is 6.10 Å². The highest BCUT2D eigenvalue weighted by Gasteiger charge is 2.22. The van der Waals surface area contributed by atoms with Crippen LogP contribution in [0.3, 0.4) is 0 Å². The molecule has 0 radical (unpaired) electrons. The molecule has 0 amide bonds. The number of hydrogen-bond donors (Lipinski definition) is 1. The highest BCUT2D eigenvalue weighted by molar-refractivity contribution is 4.77. The van der Waals surface area contributed by atoms with E-state index in [1.165, 1.54) is 32.4 Å². The van der Waals surface area contributed by atoms with Gasteiger partial charge >= 0.3 is 0 Å². The average Bonchev–Trinajstić information content (AvgIpc) is 2.40. The molecule has 1 N–H and O–H groups in total. The molecule has 3 unspecified atom stereocenters. The van der Waals surface area contributed by atoms with Gasteiger partial charge in [-0.15, -0.1) is 0 Å². The van der Waals surface area contributed by atoms with Crippen molar-refractivity contribution in [3.05, 3.63) is 0 Å². The van der Waals surface area contributed by atoms with Gasteiger partial charge in [-0.25, -0.2) is 0 Å². The Kier molecular flexibility index (Phi) is 4.90. The molecule has 1 saturated heterocycles. The van der Waals surface area contributed by atoms with Gasteiger partial charge in [-0.1, -0.05) is 13.8 Å². The summed E-state index contributed by atoms with van der Waals surface area (Å²) in [7, 11) is 0. The lowest BCUT2D eigenvalue weighted by Crippen LogP contribution is -2.41. The molecule has 0 aromatic heterocycles. The molecular weight excluding hydrogens is 174 g/mol. The molecule has 3 atom stereocenters. The summed E-state index contributed by atoms with van der Waals surface area (Å²) in [5.41, 5.74) is 0. The molecule has 0 bridgehead atoms. The highest BCUT2D eigenvalue weighted by Crippen LogP contribution is 2.19. The quantitative estimate of drug-likeness (QED) is 0.753. The van der Waals surface area contributed by atoms with Crippen molar-refractivity contribution in [1.82, 2.24) is 4.90 Å². The predicted octanol–water partition coefficient (Wildman–Crippen LogP) is 2.27. The summed E-state index contributed by atoms with van der Waals surface area (Å²) in [5, 5.41) is 9.79. The van der Waals surface area contributed by atoms with Crippen molar-refractivity contribution in [3.63, 3.8) is 0 Å². The fraction of sp³-hybridized carbons (Fsp3) is 1.00. The molecule has 2 nitrogen and oxygen atoms in total. The minimum atomic E-state index is -0.150. The molecule has 0 aromatic carbocycles. The first-order valence-corrected chi connectivity index (χ1v) is 6.07. The Labute approximate surface area is 88.3 Å². The van der Waals surface area contributed by atoms with E-state index in [2.05, 4.69) is 25.7 Å². The minimum Gasteiger partial charge on any atom is -0.392 e. The number of aliphatic hydroxyl groups is 1. The SMILES string of the molecule is CCC(O)C(C)N1CCCC(C)CC1. The summed E-state index contributed by atoms with van der Waals surface area (Å²) in [6, 6.07) is 0.338. The lowest BCUT2D eigenvalue weighted by atomic mass is 10.0. The van der Waals surface area contributed by atoms with Gasteiger partial charge in [-0.05, 0) is 51.6 Å². The Hall–Kier alpha value is -0.0800. The van der Waals surface area contributed by atoms with Crippen LogP contribution in [0.5, 0.6) is 0 Å². The van der Waals surface area contributed by atoms with Gasteiger partial charge in [0.25, 0.3) is 0 Å². The van der Waals surface area contributed by atoms with Gasteiger partial charge < -0.3 is 5.11 Å². The first kappa shape index (κ1) is 12.0. The second-order valence-electron chi connectivity index (χ2n) is 4.79. The van der Waals surface area contributed by atoms with Gasteiger partial charge in [-0.3, -0.25) is 4.90 Å². The summed E-state index contributed by atoms with van der Waals surface area (Å²) >= 11 is 0. The molecule has 1 rings (SSSR count). The number of hydrogen-bond acceptors (Lipinski definition) is 2. The van der Waals surface area contributed by atoms with E-state index in [0.717, 1.165) is 12.3 Å². The number of nitrogens with zero attached hydrogens (tertiary/aromatic N) is 1. The van der Waals surface area contributed by atoms with Crippen LogP contribution in [0.25, 0.3) is 0 Å². The van der Waals surface area contributed by atoms with Crippen LogP contribution < -0.4 is 0 Å². The van der Waals surface area contributed by atoms with E-state index in [1.54, 1.807) is 0 Å². The first-order chi connectivity index (χ1) is 6.65. The van der Waals surface area contributed by atoms with Crippen molar-refractivity contribution in [1.29, 1.82) is 0 Å². The van der Waals surface area contributed by atoms with Crippen LogP contribution in [0, 0.1) is 5.92 Å². The van der Waals surface area contributed by atoms with Crippen LogP contribution >= 0.6 is 0 Å². The zero-order valence-corrected chi connectivity index (χ0v) is 9.87. The summed E-state index contributed by atoms with van der Waals surface area (Å²) < 4.78 is 0. The van der Waals surface area contributed by atoms with Crippen molar-refractivity contribution in [2.75, 3.05) is 13.1 Å². The van der Waals surface area contributed by atoms with Crippen LogP contribution in [0.4, 0.5) is 0 Å². The Balaban J connectivity index is 2.42. The Morgan fingerprint density at radius 3 is 2.71 bits per heavy atom. The molecule has 84 valence electrons. The molecule has 1 fully saturated rings. The van der Waals surface area contributed by atoms with Gasteiger partial charge in [0, 0.05) is 6.04 Å². The predicted molar refractivity (Wildman–Crippen MR) is 60.3 cm³/mol. The molecule has 0 aromatic rings. The molecule has 14 heavy (non-hydrogen) atoms. The number of likely N-dealkylation sites (tertiary alicyclic amines) is 1. The summed E-state index contributed by atoms with van der Waals surface area (Å²) in [6.45, 7) is 8.89. The van der Waals surface area contributed by atoms with Crippen LogP contribution in [-0.4, -0.2) is 35.2 Å². The summed E-state index contributed by atoms with van der Waals surface area (Å²) in [4.78, 5) is 2.46. The molecule has 1 aliphatic rings. The van der Waals surface area contributed by atoms with Crippen molar-refractivity contribution in [3.8, 4) is 0 Å². The summed E-state index contributed by atoms with van der Waals surface area (Å²) in [6.07, 6.45) is 4.66. The average molecular weight is 199 g/mol.